The number of nitrogens with one attached hydrogen (secondary N) is 1. The predicted molar refractivity (Wildman–Crippen MR) is 105 cm³/mol. The zero-order valence-corrected chi connectivity index (χ0v) is 15.4. The molecule has 0 saturated carbocycles. The highest BCUT2D eigenvalue weighted by atomic mass is 35.5. The number of aromatic nitrogens is 2. The fraction of sp³-hybridized carbons (Fsp3) is 0.200. The van der Waals surface area contributed by atoms with Crippen LogP contribution in [0.25, 0.3) is 5.69 Å². The molecule has 1 aromatic heterocycles. The summed E-state index contributed by atoms with van der Waals surface area (Å²) in [5.74, 6) is 0. The summed E-state index contributed by atoms with van der Waals surface area (Å²) in [7, 11) is 0. The predicted octanol–water partition coefficient (Wildman–Crippen LogP) is 4.97. The van der Waals surface area contributed by atoms with E-state index in [0.29, 0.717) is 23.8 Å². The molecule has 0 radical (unpaired) electrons. The molecule has 5 nitrogen and oxygen atoms in total. The number of anilines is 1. The monoisotopic (exact) mass is 368 g/mol. The Bertz CT molecular complexity index is 850. The average Bonchev–Trinajstić information content (AvgIpc) is 3.17. The Hall–Kier alpha value is -2.79. The van der Waals surface area contributed by atoms with Gasteiger partial charge in [0, 0.05) is 31.2 Å². The van der Waals surface area contributed by atoms with E-state index in [0.717, 1.165) is 17.7 Å². The molecule has 6 heteroatoms. The first-order valence-electron chi connectivity index (χ1n) is 8.57. The third-order valence-corrected chi connectivity index (χ3v) is 4.25. The van der Waals surface area contributed by atoms with E-state index >= 15 is 0 Å². The molecule has 134 valence electrons. The molecular formula is C20H21ClN4O. The Labute approximate surface area is 158 Å². The van der Waals surface area contributed by atoms with Crippen molar-refractivity contribution in [3.63, 3.8) is 0 Å². The molecule has 1 heterocycles. The summed E-state index contributed by atoms with van der Waals surface area (Å²) in [6.45, 7) is 3.31. The van der Waals surface area contributed by atoms with Crippen LogP contribution >= 0.6 is 11.6 Å². The zero-order chi connectivity index (χ0) is 18.4. The number of halogens is 1. The van der Waals surface area contributed by atoms with Crippen LogP contribution in [0.4, 0.5) is 10.5 Å². The Balaban J connectivity index is 1.71. The van der Waals surface area contributed by atoms with Crippen LogP contribution in [0.2, 0.25) is 5.02 Å². The first kappa shape index (κ1) is 18.0. The van der Waals surface area contributed by atoms with Gasteiger partial charge in [-0.15, -0.1) is 0 Å². The van der Waals surface area contributed by atoms with Gasteiger partial charge in [-0.2, -0.15) is 5.10 Å². The number of urea groups is 1. The Morgan fingerprint density at radius 1 is 1.19 bits per heavy atom. The first-order chi connectivity index (χ1) is 12.7. The number of amides is 2. The van der Waals surface area contributed by atoms with E-state index in [9.17, 15) is 4.79 Å². The van der Waals surface area contributed by atoms with Crippen molar-refractivity contribution in [1.29, 1.82) is 0 Å². The van der Waals surface area contributed by atoms with Crippen molar-refractivity contribution in [2.45, 2.75) is 19.9 Å². The minimum absolute atomic E-state index is 0.140. The lowest BCUT2D eigenvalue weighted by Gasteiger charge is -2.23. The van der Waals surface area contributed by atoms with Crippen LogP contribution in [0, 0.1) is 0 Å². The van der Waals surface area contributed by atoms with Crippen molar-refractivity contribution in [1.82, 2.24) is 14.7 Å². The molecule has 1 N–H and O–H groups in total. The summed E-state index contributed by atoms with van der Waals surface area (Å²) in [5, 5.41) is 7.63. The normalized spacial score (nSPS) is 10.5. The zero-order valence-electron chi connectivity index (χ0n) is 14.6. The van der Waals surface area contributed by atoms with Crippen LogP contribution < -0.4 is 5.32 Å². The number of carbonyl (C=O) groups excluding carboxylic acids is 1. The summed E-state index contributed by atoms with van der Waals surface area (Å²) < 4.78 is 1.69. The summed E-state index contributed by atoms with van der Waals surface area (Å²) in [5.41, 5.74) is 2.53. The second kappa shape index (κ2) is 8.54. The number of hydrogen-bond acceptors (Lipinski definition) is 2. The van der Waals surface area contributed by atoms with E-state index in [1.54, 1.807) is 21.8 Å². The quantitative estimate of drug-likeness (QED) is 0.667. The number of carbonyl (C=O) groups is 1. The summed E-state index contributed by atoms with van der Waals surface area (Å²) in [6.07, 6.45) is 4.40. The highest BCUT2D eigenvalue weighted by Gasteiger charge is 2.14. The van der Waals surface area contributed by atoms with Crippen molar-refractivity contribution >= 4 is 23.3 Å². The van der Waals surface area contributed by atoms with Gasteiger partial charge < -0.3 is 10.2 Å². The maximum absolute atomic E-state index is 12.7. The molecule has 2 amide bonds. The third-order valence-electron chi connectivity index (χ3n) is 3.95. The van der Waals surface area contributed by atoms with E-state index in [1.165, 1.54) is 0 Å². The maximum atomic E-state index is 12.7. The third kappa shape index (κ3) is 4.43. The van der Waals surface area contributed by atoms with Crippen molar-refractivity contribution in [3.8, 4) is 5.69 Å². The van der Waals surface area contributed by atoms with Gasteiger partial charge in [0.2, 0.25) is 0 Å². The Kier molecular flexibility index (Phi) is 5.92. The van der Waals surface area contributed by atoms with Crippen LogP contribution in [0.5, 0.6) is 0 Å². The minimum atomic E-state index is -0.140. The molecule has 3 aromatic rings. The lowest BCUT2D eigenvalue weighted by Crippen LogP contribution is -2.35. The van der Waals surface area contributed by atoms with Crippen LogP contribution in [0.3, 0.4) is 0 Å². The van der Waals surface area contributed by atoms with Crippen LogP contribution in [-0.4, -0.2) is 27.3 Å². The molecular weight excluding hydrogens is 348 g/mol. The maximum Gasteiger partial charge on any atom is 0.322 e. The SMILES string of the molecule is CCCN(Cc1ccccc1)C(=O)Nc1ccc(-n2cccn2)c(Cl)c1. The van der Waals surface area contributed by atoms with Crippen LogP contribution in [0.15, 0.2) is 67.0 Å². The smallest absolute Gasteiger partial charge is 0.320 e. The van der Waals surface area contributed by atoms with E-state index in [1.807, 2.05) is 54.7 Å². The van der Waals surface area contributed by atoms with Gasteiger partial charge in [0.15, 0.2) is 0 Å². The minimum Gasteiger partial charge on any atom is -0.320 e. The molecule has 0 aliphatic heterocycles. The van der Waals surface area contributed by atoms with Gasteiger partial charge in [-0.25, -0.2) is 9.48 Å². The first-order valence-corrected chi connectivity index (χ1v) is 8.94. The molecule has 0 aliphatic rings. The molecule has 0 fully saturated rings. The largest absolute Gasteiger partial charge is 0.322 e. The molecule has 0 spiro atoms. The van der Waals surface area contributed by atoms with E-state index in [2.05, 4.69) is 17.3 Å². The number of rotatable bonds is 6. The van der Waals surface area contributed by atoms with E-state index < -0.39 is 0 Å². The Morgan fingerprint density at radius 3 is 2.65 bits per heavy atom. The molecule has 0 bridgehead atoms. The summed E-state index contributed by atoms with van der Waals surface area (Å²) in [6, 6.07) is 17.1. The standard InChI is InChI=1S/C20H21ClN4O/c1-2-12-24(15-16-7-4-3-5-8-16)20(26)23-17-9-10-19(18(21)14-17)25-13-6-11-22-25/h3-11,13-14H,2,12,15H2,1H3,(H,23,26). The lowest BCUT2D eigenvalue weighted by atomic mass is 10.2. The van der Waals surface area contributed by atoms with Gasteiger partial charge >= 0.3 is 6.03 Å². The van der Waals surface area contributed by atoms with Gasteiger partial charge in [-0.3, -0.25) is 0 Å². The molecule has 0 unspecified atom stereocenters. The number of nitrogens with zero attached hydrogens (tertiary/aromatic N) is 3. The van der Waals surface area contributed by atoms with Gasteiger partial charge in [-0.05, 0) is 36.2 Å². The molecule has 0 aliphatic carbocycles. The van der Waals surface area contributed by atoms with Crippen molar-refractivity contribution < 1.29 is 4.79 Å². The van der Waals surface area contributed by atoms with Crippen LogP contribution in [-0.2, 0) is 6.54 Å². The second-order valence-electron chi connectivity index (χ2n) is 5.95. The molecule has 2 aromatic carbocycles. The van der Waals surface area contributed by atoms with Gasteiger partial charge in [0.05, 0.1) is 10.7 Å². The average molecular weight is 369 g/mol. The van der Waals surface area contributed by atoms with Crippen LogP contribution in [0.1, 0.15) is 18.9 Å². The fourth-order valence-corrected chi connectivity index (χ4v) is 2.98. The van der Waals surface area contributed by atoms with Crippen molar-refractivity contribution in [2.24, 2.45) is 0 Å². The van der Waals surface area contributed by atoms with Gasteiger partial charge in [0.1, 0.15) is 0 Å². The fourth-order valence-electron chi connectivity index (χ4n) is 2.71. The summed E-state index contributed by atoms with van der Waals surface area (Å²) in [4.78, 5) is 14.5. The second-order valence-corrected chi connectivity index (χ2v) is 6.36. The van der Waals surface area contributed by atoms with Gasteiger partial charge in [0.25, 0.3) is 0 Å². The number of hydrogen-bond donors (Lipinski definition) is 1. The highest BCUT2D eigenvalue weighted by Crippen LogP contribution is 2.24. The molecule has 26 heavy (non-hydrogen) atoms. The van der Waals surface area contributed by atoms with E-state index in [4.69, 9.17) is 11.6 Å². The van der Waals surface area contributed by atoms with Crippen molar-refractivity contribution in [2.75, 3.05) is 11.9 Å². The Morgan fingerprint density at radius 2 is 2.00 bits per heavy atom. The lowest BCUT2D eigenvalue weighted by molar-refractivity contribution is 0.209. The van der Waals surface area contributed by atoms with Gasteiger partial charge in [-0.1, -0.05) is 48.9 Å². The molecule has 0 atom stereocenters. The highest BCUT2D eigenvalue weighted by molar-refractivity contribution is 6.32. The molecule has 0 saturated heterocycles. The topological polar surface area (TPSA) is 50.2 Å². The van der Waals surface area contributed by atoms with E-state index in [-0.39, 0.29) is 6.03 Å². The number of benzene rings is 2. The summed E-state index contributed by atoms with van der Waals surface area (Å²) >= 11 is 6.35. The molecule has 3 rings (SSSR count). The van der Waals surface area contributed by atoms with Crippen molar-refractivity contribution in [3.05, 3.63) is 77.6 Å².